The van der Waals surface area contributed by atoms with Crippen LogP contribution in [0.15, 0.2) is 29.6 Å². The number of carbonyl (C=O) groups excluding carboxylic acids is 2. The highest BCUT2D eigenvalue weighted by molar-refractivity contribution is 7.21. The highest BCUT2D eigenvalue weighted by atomic mass is 32.1. The molecule has 0 aliphatic rings. The Balaban J connectivity index is 1.71. The second-order valence-electron chi connectivity index (χ2n) is 4.84. The summed E-state index contributed by atoms with van der Waals surface area (Å²) in [6.07, 6.45) is 0.0638. The van der Waals surface area contributed by atoms with E-state index in [1.807, 2.05) is 0 Å². The number of ether oxygens (including phenoxy) is 1. The van der Waals surface area contributed by atoms with Crippen molar-refractivity contribution >= 4 is 49.8 Å². The smallest absolute Gasteiger partial charge is 0.311 e. The number of esters is 1. The highest BCUT2D eigenvalue weighted by Crippen LogP contribution is 2.28. The first-order chi connectivity index (χ1) is 11.6. The van der Waals surface area contributed by atoms with Gasteiger partial charge in [-0.25, -0.2) is 9.37 Å². The molecule has 124 valence electrons. The summed E-state index contributed by atoms with van der Waals surface area (Å²) in [7, 11) is 0. The van der Waals surface area contributed by atoms with Gasteiger partial charge in [-0.2, -0.15) is 0 Å². The van der Waals surface area contributed by atoms with Crippen molar-refractivity contribution in [1.29, 1.82) is 0 Å². The number of halogens is 1. The van der Waals surface area contributed by atoms with Crippen molar-refractivity contribution in [1.82, 2.24) is 4.98 Å². The molecule has 2 heterocycles. The molecule has 2 aromatic heterocycles. The third-order valence-electron chi connectivity index (χ3n) is 3.14. The monoisotopic (exact) mass is 364 g/mol. The van der Waals surface area contributed by atoms with Crippen LogP contribution < -0.4 is 5.32 Å². The van der Waals surface area contributed by atoms with E-state index in [2.05, 4.69) is 10.3 Å². The lowest BCUT2D eigenvalue weighted by Crippen LogP contribution is -2.11. The van der Waals surface area contributed by atoms with Crippen molar-refractivity contribution in [3.63, 3.8) is 0 Å². The van der Waals surface area contributed by atoms with E-state index >= 15 is 0 Å². The van der Waals surface area contributed by atoms with Gasteiger partial charge in [-0.05, 0) is 25.1 Å². The normalized spacial score (nSPS) is 10.8. The van der Waals surface area contributed by atoms with Crippen molar-refractivity contribution in [2.24, 2.45) is 0 Å². The Morgan fingerprint density at radius 1 is 1.38 bits per heavy atom. The molecular formula is C16H13FN2O3S2. The lowest BCUT2D eigenvalue weighted by atomic mass is 10.2. The summed E-state index contributed by atoms with van der Waals surface area (Å²) in [5.74, 6) is -1.07. The van der Waals surface area contributed by atoms with E-state index in [1.54, 1.807) is 24.4 Å². The second-order valence-corrected chi connectivity index (χ2v) is 6.78. The number of aromatic nitrogens is 1. The number of thiazole rings is 1. The molecule has 0 radical (unpaired) electrons. The Morgan fingerprint density at radius 3 is 2.96 bits per heavy atom. The van der Waals surface area contributed by atoms with Gasteiger partial charge in [0.2, 0.25) is 0 Å². The fourth-order valence-corrected chi connectivity index (χ4v) is 3.78. The summed E-state index contributed by atoms with van der Waals surface area (Å²) >= 11 is 2.44. The molecule has 0 unspecified atom stereocenters. The van der Waals surface area contributed by atoms with Gasteiger partial charge in [-0.15, -0.1) is 22.7 Å². The molecule has 24 heavy (non-hydrogen) atoms. The fourth-order valence-electron chi connectivity index (χ4n) is 2.10. The number of carbonyl (C=O) groups is 2. The molecule has 1 aromatic carbocycles. The second kappa shape index (κ2) is 7.06. The minimum absolute atomic E-state index is 0.0638. The third-order valence-corrected chi connectivity index (χ3v) is 5.04. The maximum absolute atomic E-state index is 13.7. The zero-order valence-electron chi connectivity index (χ0n) is 12.7. The molecule has 3 aromatic rings. The minimum atomic E-state index is -0.361. The van der Waals surface area contributed by atoms with Crippen LogP contribution >= 0.6 is 22.7 Å². The first-order valence-corrected chi connectivity index (χ1v) is 8.86. The minimum Gasteiger partial charge on any atom is -0.466 e. The van der Waals surface area contributed by atoms with E-state index in [1.165, 1.54) is 34.8 Å². The molecule has 0 atom stereocenters. The zero-order valence-corrected chi connectivity index (χ0v) is 14.3. The summed E-state index contributed by atoms with van der Waals surface area (Å²) in [5, 5.41) is 5.17. The van der Waals surface area contributed by atoms with Crippen molar-refractivity contribution < 1.29 is 18.7 Å². The van der Waals surface area contributed by atoms with Gasteiger partial charge >= 0.3 is 5.97 Å². The highest BCUT2D eigenvalue weighted by Gasteiger charge is 2.15. The van der Waals surface area contributed by atoms with Gasteiger partial charge in [0.1, 0.15) is 5.82 Å². The van der Waals surface area contributed by atoms with Crippen LogP contribution in [0.25, 0.3) is 10.1 Å². The van der Waals surface area contributed by atoms with Gasteiger partial charge in [-0.3, -0.25) is 14.9 Å². The number of hydrogen-bond acceptors (Lipinski definition) is 6. The van der Waals surface area contributed by atoms with Crippen molar-refractivity contribution in [2.75, 3.05) is 11.9 Å². The third kappa shape index (κ3) is 3.60. The van der Waals surface area contributed by atoms with Gasteiger partial charge in [0, 0.05) is 15.5 Å². The summed E-state index contributed by atoms with van der Waals surface area (Å²) in [5.41, 5.74) is 0.538. The van der Waals surface area contributed by atoms with E-state index in [0.29, 0.717) is 32.4 Å². The average molecular weight is 364 g/mol. The predicted octanol–water partition coefficient (Wildman–Crippen LogP) is 3.85. The Kier molecular flexibility index (Phi) is 4.86. The molecule has 0 fully saturated rings. The number of benzene rings is 1. The van der Waals surface area contributed by atoms with E-state index in [9.17, 15) is 14.0 Å². The zero-order chi connectivity index (χ0) is 17.1. The molecular weight excluding hydrogens is 351 g/mol. The number of amides is 1. The first kappa shape index (κ1) is 16.5. The van der Waals surface area contributed by atoms with Crippen LogP contribution in [-0.4, -0.2) is 23.5 Å². The number of nitrogens with zero attached hydrogens (tertiary/aromatic N) is 1. The van der Waals surface area contributed by atoms with E-state index in [-0.39, 0.29) is 24.1 Å². The number of anilines is 1. The van der Waals surface area contributed by atoms with Crippen LogP contribution in [0.3, 0.4) is 0 Å². The van der Waals surface area contributed by atoms with Crippen LogP contribution in [0.5, 0.6) is 0 Å². The number of nitrogens with one attached hydrogen (secondary N) is 1. The predicted molar refractivity (Wildman–Crippen MR) is 92.2 cm³/mol. The molecule has 0 spiro atoms. The molecule has 0 aliphatic carbocycles. The number of rotatable bonds is 5. The molecule has 1 amide bonds. The number of fused-ring (bicyclic) bond motifs is 1. The Bertz CT molecular complexity index is 904. The molecule has 0 saturated carbocycles. The topological polar surface area (TPSA) is 68.3 Å². The molecule has 5 nitrogen and oxygen atoms in total. The van der Waals surface area contributed by atoms with Gasteiger partial charge in [0.25, 0.3) is 5.91 Å². The fraction of sp³-hybridized carbons (Fsp3) is 0.188. The summed E-state index contributed by atoms with van der Waals surface area (Å²) in [4.78, 5) is 28.3. The molecule has 3 rings (SSSR count). The van der Waals surface area contributed by atoms with Gasteiger partial charge in [-0.1, -0.05) is 6.07 Å². The molecule has 1 N–H and O–H groups in total. The number of thiophene rings is 1. The maximum Gasteiger partial charge on any atom is 0.311 e. The van der Waals surface area contributed by atoms with Gasteiger partial charge in [0.05, 0.1) is 23.6 Å². The van der Waals surface area contributed by atoms with E-state index in [0.717, 1.165) is 0 Å². The Labute approximate surface area is 145 Å². The van der Waals surface area contributed by atoms with Crippen molar-refractivity contribution in [2.45, 2.75) is 13.3 Å². The SMILES string of the molecule is CCOC(=O)Cc1csc(NC(=O)c2cc3c(F)cccc3s2)n1. The van der Waals surface area contributed by atoms with Crippen LogP contribution in [0.2, 0.25) is 0 Å². The van der Waals surface area contributed by atoms with Gasteiger partial charge < -0.3 is 4.74 Å². The molecule has 0 saturated heterocycles. The van der Waals surface area contributed by atoms with Crippen LogP contribution in [0.4, 0.5) is 9.52 Å². The van der Waals surface area contributed by atoms with E-state index < -0.39 is 0 Å². The summed E-state index contributed by atoms with van der Waals surface area (Å²) < 4.78 is 19.3. The molecule has 8 heteroatoms. The first-order valence-electron chi connectivity index (χ1n) is 7.16. The maximum atomic E-state index is 13.7. The van der Waals surface area contributed by atoms with Crippen LogP contribution in [0, 0.1) is 5.82 Å². The lowest BCUT2D eigenvalue weighted by molar-refractivity contribution is -0.142. The average Bonchev–Trinajstić information content (AvgIpc) is 3.15. The Morgan fingerprint density at radius 2 is 2.21 bits per heavy atom. The van der Waals surface area contributed by atoms with Crippen LogP contribution in [0.1, 0.15) is 22.3 Å². The van der Waals surface area contributed by atoms with Crippen molar-refractivity contribution in [3.05, 3.63) is 46.0 Å². The summed E-state index contributed by atoms with van der Waals surface area (Å²) in [6.45, 7) is 2.05. The Hall–Kier alpha value is -2.32. The van der Waals surface area contributed by atoms with Crippen molar-refractivity contribution in [3.8, 4) is 0 Å². The number of hydrogen-bond donors (Lipinski definition) is 1. The quantitative estimate of drug-likeness (QED) is 0.698. The molecule has 0 bridgehead atoms. The lowest BCUT2D eigenvalue weighted by Gasteiger charge is -1.99. The largest absolute Gasteiger partial charge is 0.466 e. The van der Waals surface area contributed by atoms with Gasteiger partial charge in [0.15, 0.2) is 5.13 Å². The van der Waals surface area contributed by atoms with E-state index in [4.69, 9.17) is 4.74 Å². The standard InChI is InChI=1S/C16H13FN2O3S2/c1-2-22-14(20)6-9-8-23-16(18-9)19-15(21)13-7-10-11(17)4-3-5-12(10)24-13/h3-5,7-8H,2,6H2,1H3,(H,18,19,21). The van der Waals surface area contributed by atoms with Crippen LogP contribution in [-0.2, 0) is 16.0 Å². The summed E-state index contributed by atoms with van der Waals surface area (Å²) in [6, 6.07) is 6.26. The molecule has 0 aliphatic heterocycles.